The second-order valence-electron chi connectivity index (χ2n) is 4.73. The van der Waals surface area contributed by atoms with Crippen molar-refractivity contribution < 1.29 is 13.9 Å². The van der Waals surface area contributed by atoms with Crippen molar-refractivity contribution in [1.29, 1.82) is 0 Å². The molecular weight excluding hydrogens is 310 g/mol. The highest BCUT2D eigenvalue weighted by molar-refractivity contribution is 6.31. The van der Waals surface area contributed by atoms with Crippen molar-refractivity contribution in [2.24, 2.45) is 0 Å². The van der Waals surface area contributed by atoms with Gasteiger partial charge in [-0.1, -0.05) is 11.6 Å². The van der Waals surface area contributed by atoms with Crippen LogP contribution in [-0.4, -0.2) is 17.1 Å². The quantitative estimate of drug-likeness (QED) is 0.601. The fraction of sp³-hybridized carbons (Fsp3) is 0.400. The molecule has 0 radical (unpaired) electrons. The van der Waals surface area contributed by atoms with E-state index < -0.39 is 11.4 Å². The van der Waals surface area contributed by atoms with Gasteiger partial charge in [-0.15, -0.1) is 0 Å². The Morgan fingerprint density at radius 2 is 2.09 bits per heavy atom. The molecule has 7 heteroatoms. The normalized spacial score (nSPS) is 10.8. The van der Waals surface area contributed by atoms with E-state index in [1.54, 1.807) is 19.1 Å². The molecule has 1 aromatic carbocycles. The van der Waals surface area contributed by atoms with Gasteiger partial charge >= 0.3 is 17.4 Å². The van der Waals surface area contributed by atoms with E-state index >= 15 is 0 Å². The highest BCUT2D eigenvalue weighted by Gasteiger charge is 2.10. The number of benzene rings is 1. The summed E-state index contributed by atoms with van der Waals surface area (Å²) in [5, 5.41) is 0.657. The van der Waals surface area contributed by atoms with Crippen LogP contribution in [0.4, 0.5) is 0 Å². The smallest absolute Gasteiger partial charge is 0.422 e. The number of carbonyl (C=O) groups is 1. The third kappa shape index (κ3) is 3.76. The summed E-state index contributed by atoms with van der Waals surface area (Å²) in [5.74, 6) is -0.970. The van der Waals surface area contributed by atoms with Gasteiger partial charge in [-0.25, -0.2) is 9.59 Å². The van der Waals surface area contributed by atoms with Crippen molar-refractivity contribution in [3.8, 4) is 0 Å². The number of hydrogen-bond acceptors (Lipinski definition) is 5. The lowest BCUT2D eigenvalue weighted by Crippen LogP contribution is -2.25. The van der Waals surface area contributed by atoms with Gasteiger partial charge in [0, 0.05) is 18.0 Å². The van der Waals surface area contributed by atoms with E-state index in [0.29, 0.717) is 43.0 Å². The third-order valence-electron chi connectivity index (χ3n) is 3.19. The number of carbonyl (C=O) groups excluding carboxylic acids is 1. The number of esters is 1. The zero-order valence-corrected chi connectivity index (χ0v) is 12.9. The molecule has 0 atom stereocenters. The number of ether oxygens (including phenoxy) is 1. The molecule has 0 aliphatic carbocycles. The lowest BCUT2D eigenvalue weighted by Gasteiger charge is -2.08. The molecule has 1 aromatic heterocycles. The minimum atomic E-state index is -0.712. The van der Waals surface area contributed by atoms with E-state index in [2.05, 4.69) is 0 Å². The molecule has 0 N–H and O–H groups in total. The summed E-state index contributed by atoms with van der Waals surface area (Å²) in [4.78, 5) is 34.8. The van der Waals surface area contributed by atoms with Crippen molar-refractivity contribution in [2.45, 2.75) is 32.7 Å². The van der Waals surface area contributed by atoms with Gasteiger partial charge < -0.3 is 9.15 Å². The Morgan fingerprint density at radius 1 is 1.32 bits per heavy atom. The molecule has 0 bridgehead atoms. The molecule has 1 heterocycles. The minimum Gasteiger partial charge on any atom is -0.466 e. The maximum Gasteiger partial charge on any atom is 0.422 e. The lowest BCUT2D eigenvalue weighted by molar-refractivity contribution is -0.143. The average Bonchev–Trinajstić information content (AvgIpc) is 2.47. The number of hydrogen-bond donors (Lipinski definition) is 0. The van der Waals surface area contributed by atoms with Crippen molar-refractivity contribution in [2.75, 3.05) is 6.61 Å². The van der Waals surface area contributed by atoms with Gasteiger partial charge in [0.15, 0.2) is 0 Å². The first kappa shape index (κ1) is 16.3. The Kier molecular flexibility index (Phi) is 5.38. The lowest BCUT2D eigenvalue weighted by atomic mass is 10.2. The molecule has 22 heavy (non-hydrogen) atoms. The van der Waals surface area contributed by atoms with Gasteiger partial charge in [0.05, 0.1) is 17.5 Å². The molecule has 2 aromatic rings. The maximum atomic E-state index is 11.8. The average molecular weight is 326 g/mol. The van der Waals surface area contributed by atoms with E-state index in [1.807, 2.05) is 0 Å². The fourth-order valence-corrected chi connectivity index (χ4v) is 2.35. The highest BCUT2D eigenvalue weighted by Crippen LogP contribution is 2.15. The maximum absolute atomic E-state index is 11.8. The number of aromatic nitrogens is 1. The summed E-state index contributed by atoms with van der Waals surface area (Å²) in [6, 6.07) is 4.69. The van der Waals surface area contributed by atoms with Crippen LogP contribution in [0.3, 0.4) is 0 Å². The zero-order valence-electron chi connectivity index (χ0n) is 12.1. The van der Waals surface area contributed by atoms with Crippen LogP contribution in [0.15, 0.2) is 32.2 Å². The first-order valence-corrected chi connectivity index (χ1v) is 7.39. The molecule has 0 amide bonds. The molecule has 0 unspecified atom stereocenters. The van der Waals surface area contributed by atoms with E-state index in [0.717, 1.165) is 0 Å². The number of aryl methyl sites for hydroxylation is 1. The molecule has 0 spiro atoms. The van der Waals surface area contributed by atoms with E-state index in [4.69, 9.17) is 20.8 Å². The van der Waals surface area contributed by atoms with Crippen molar-refractivity contribution in [3.05, 3.63) is 44.2 Å². The predicted molar refractivity (Wildman–Crippen MR) is 82.2 cm³/mol. The summed E-state index contributed by atoms with van der Waals surface area (Å²) in [6.45, 7) is 2.45. The Hall–Kier alpha value is -2.08. The predicted octanol–water partition coefficient (Wildman–Crippen LogP) is 2.34. The van der Waals surface area contributed by atoms with Crippen LogP contribution in [0.5, 0.6) is 0 Å². The van der Waals surface area contributed by atoms with Gasteiger partial charge in [-0.3, -0.25) is 9.36 Å². The summed E-state index contributed by atoms with van der Waals surface area (Å²) in [5.41, 5.74) is -0.230. The minimum absolute atomic E-state index is 0.258. The van der Waals surface area contributed by atoms with E-state index in [-0.39, 0.29) is 11.4 Å². The van der Waals surface area contributed by atoms with Crippen molar-refractivity contribution in [1.82, 2.24) is 4.57 Å². The van der Waals surface area contributed by atoms with Crippen LogP contribution in [0.2, 0.25) is 5.02 Å². The van der Waals surface area contributed by atoms with Crippen molar-refractivity contribution >= 4 is 28.5 Å². The van der Waals surface area contributed by atoms with Crippen LogP contribution in [-0.2, 0) is 16.1 Å². The monoisotopic (exact) mass is 325 g/mol. The zero-order chi connectivity index (χ0) is 16.1. The van der Waals surface area contributed by atoms with Crippen LogP contribution in [0, 0.1) is 0 Å². The van der Waals surface area contributed by atoms with Crippen LogP contribution in [0.25, 0.3) is 10.9 Å². The molecule has 6 nitrogen and oxygen atoms in total. The van der Waals surface area contributed by atoms with Gasteiger partial charge in [-0.05, 0) is 38.0 Å². The SMILES string of the molecule is CCOC(=O)CCCCn1c(=O)oc(=O)c2cc(Cl)ccc21. The van der Waals surface area contributed by atoms with Gasteiger partial charge in [0.2, 0.25) is 0 Å². The molecule has 0 saturated carbocycles. The molecule has 0 saturated heterocycles. The Morgan fingerprint density at radius 3 is 2.82 bits per heavy atom. The third-order valence-corrected chi connectivity index (χ3v) is 3.42. The molecule has 118 valence electrons. The first-order valence-electron chi connectivity index (χ1n) is 7.01. The van der Waals surface area contributed by atoms with Crippen molar-refractivity contribution in [3.63, 3.8) is 0 Å². The van der Waals surface area contributed by atoms with Gasteiger partial charge in [0.1, 0.15) is 0 Å². The van der Waals surface area contributed by atoms with Gasteiger partial charge in [-0.2, -0.15) is 0 Å². The number of halogens is 1. The van der Waals surface area contributed by atoms with Crippen LogP contribution < -0.4 is 11.4 Å². The summed E-state index contributed by atoms with van der Waals surface area (Å²) in [6.07, 6.45) is 1.47. The molecule has 0 aliphatic heterocycles. The topological polar surface area (TPSA) is 78.5 Å². The standard InChI is InChI=1S/C15H16ClNO5/c1-2-21-13(18)5-3-4-8-17-12-7-6-10(16)9-11(12)14(19)22-15(17)20/h6-7,9H,2-5,8H2,1H3. The molecule has 0 aliphatic rings. The summed E-state index contributed by atoms with van der Waals surface area (Å²) < 4.78 is 10.9. The number of rotatable bonds is 6. The summed E-state index contributed by atoms with van der Waals surface area (Å²) >= 11 is 5.85. The molecule has 2 rings (SSSR count). The number of nitrogens with zero attached hydrogens (tertiary/aromatic N) is 1. The van der Waals surface area contributed by atoms with Crippen LogP contribution in [0.1, 0.15) is 26.2 Å². The first-order chi connectivity index (χ1) is 10.5. The second kappa shape index (κ2) is 7.26. The second-order valence-corrected chi connectivity index (χ2v) is 5.17. The van der Waals surface area contributed by atoms with E-state index in [1.165, 1.54) is 10.6 Å². The Balaban J connectivity index is 2.16. The van der Waals surface area contributed by atoms with E-state index in [9.17, 15) is 14.4 Å². The fourth-order valence-electron chi connectivity index (χ4n) is 2.18. The largest absolute Gasteiger partial charge is 0.466 e. The summed E-state index contributed by atoms with van der Waals surface area (Å²) in [7, 11) is 0. The number of unbranched alkanes of at least 4 members (excludes halogenated alkanes) is 1. The Bertz CT molecular complexity index is 793. The van der Waals surface area contributed by atoms with Crippen LogP contribution >= 0.6 is 11.6 Å². The molecule has 0 fully saturated rings. The Labute approximate surface area is 131 Å². The van der Waals surface area contributed by atoms with Gasteiger partial charge in [0.25, 0.3) is 0 Å². The highest BCUT2D eigenvalue weighted by atomic mass is 35.5. The number of fused-ring (bicyclic) bond motifs is 1. The molecular formula is C15H16ClNO5.